The van der Waals surface area contributed by atoms with E-state index in [4.69, 9.17) is 19.4 Å². The van der Waals surface area contributed by atoms with Crippen LogP contribution in [0.1, 0.15) is 0 Å². The van der Waals surface area contributed by atoms with Crippen molar-refractivity contribution in [3.05, 3.63) is 194 Å². The van der Waals surface area contributed by atoms with E-state index in [1.165, 1.54) is 26.9 Å². The van der Waals surface area contributed by atoms with Gasteiger partial charge in [0.25, 0.3) is 0 Å². The molecule has 12 aromatic rings. The van der Waals surface area contributed by atoms with Crippen LogP contribution in [-0.2, 0) is 0 Å². The summed E-state index contributed by atoms with van der Waals surface area (Å²) in [6.45, 7) is 0. The van der Waals surface area contributed by atoms with Crippen molar-refractivity contribution in [1.82, 2.24) is 19.5 Å². The van der Waals surface area contributed by atoms with Gasteiger partial charge in [0, 0.05) is 38.2 Å². The Balaban J connectivity index is 1.04. The van der Waals surface area contributed by atoms with Gasteiger partial charge >= 0.3 is 0 Å². The number of hydrogen-bond donors (Lipinski definition) is 0. The van der Waals surface area contributed by atoms with Gasteiger partial charge in [-0.3, -0.25) is 0 Å². The highest BCUT2D eigenvalue weighted by atomic mass is 16.3. The third kappa shape index (κ3) is 5.14. The summed E-state index contributed by atoms with van der Waals surface area (Å²) in [5.74, 6) is 1.80. The fourth-order valence-electron chi connectivity index (χ4n) is 8.66. The van der Waals surface area contributed by atoms with E-state index in [0.29, 0.717) is 17.5 Å². The number of nitrogens with zero attached hydrogens (tertiary/aromatic N) is 4. The van der Waals surface area contributed by atoms with Gasteiger partial charge < -0.3 is 8.98 Å². The zero-order chi connectivity index (χ0) is 38.2. The predicted molar refractivity (Wildman–Crippen MR) is 238 cm³/mol. The van der Waals surface area contributed by atoms with Gasteiger partial charge in [0.1, 0.15) is 5.58 Å². The molecule has 9 aromatic carbocycles. The fraction of sp³-hybridized carbons (Fsp3) is 0. The molecular weight excluding hydrogens is 709 g/mol. The van der Waals surface area contributed by atoms with E-state index in [1.807, 2.05) is 6.07 Å². The van der Waals surface area contributed by atoms with Crippen LogP contribution >= 0.6 is 0 Å². The first-order valence-electron chi connectivity index (χ1n) is 19.5. The second-order valence-corrected chi connectivity index (χ2v) is 14.8. The molecular formula is C53H32N4O. The molecule has 58 heavy (non-hydrogen) atoms. The van der Waals surface area contributed by atoms with Gasteiger partial charge in [-0.15, -0.1) is 0 Å². The summed E-state index contributed by atoms with van der Waals surface area (Å²) < 4.78 is 9.25. The van der Waals surface area contributed by atoms with Crippen molar-refractivity contribution >= 4 is 65.3 Å². The molecule has 0 aliphatic rings. The highest BCUT2D eigenvalue weighted by Gasteiger charge is 2.20. The van der Waals surface area contributed by atoms with Crippen LogP contribution in [0.4, 0.5) is 0 Å². The minimum Gasteiger partial charge on any atom is -0.454 e. The molecule has 0 aliphatic carbocycles. The van der Waals surface area contributed by atoms with Gasteiger partial charge in [0.05, 0.1) is 16.7 Å². The third-order valence-corrected chi connectivity index (χ3v) is 11.4. The van der Waals surface area contributed by atoms with Gasteiger partial charge in [-0.05, 0) is 75.1 Å². The van der Waals surface area contributed by atoms with Crippen LogP contribution in [0.5, 0.6) is 0 Å². The average molecular weight is 741 g/mol. The number of furan rings is 1. The number of aromatic nitrogens is 4. The molecule has 0 atom stereocenters. The highest BCUT2D eigenvalue weighted by molar-refractivity contribution is 6.22. The van der Waals surface area contributed by atoms with E-state index in [1.54, 1.807) is 0 Å². The summed E-state index contributed by atoms with van der Waals surface area (Å²) >= 11 is 0. The Morgan fingerprint density at radius 3 is 1.79 bits per heavy atom. The average Bonchev–Trinajstić information content (AvgIpc) is 3.85. The molecule has 0 bridgehead atoms. The smallest absolute Gasteiger partial charge is 0.164 e. The maximum absolute atomic E-state index is 6.91. The highest BCUT2D eigenvalue weighted by Crippen LogP contribution is 2.41. The number of fused-ring (bicyclic) bond motifs is 9. The SMILES string of the molecule is c1ccc(-c2cccc(-c3nc(-c4ccc5ccccc5c4)nc(-c4ccc5c(c4)oc4c(-n6c7ccccc7c7c8ccccc8ccc76)cccc45)n3)c2)cc1. The van der Waals surface area contributed by atoms with Gasteiger partial charge in [-0.1, -0.05) is 152 Å². The van der Waals surface area contributed by atoms with E-state index in [0.717, 1.165) is 71.9 Å². The summed E-state index contributed by atoms with van der Waals surface area (Å²) in [6.07, 6.45) is 0. The van der Waals surface area contributed by atoms with Crippen molar-refractivity contribution in [3.63, 3.8) is 0 Å². The van der Waals surface area contributed by atoms with Crippen LogP contribution in [0.15, 0.2) is 199 Å². The van der Waals surface area contributed by atoms with E-state index >= 15 is 0 Å². The first kappa shape index (κ1) is 32.4. The van der Waals surface area contributed by atoms with Crippen molar-refractivity contribution in [2.75, 3.05) is 0 Å². The lowest BCUT2D eigenvalue weighted by molar-refractivity contribution is 0.666. The molecule has 0 amide bonds. The summed E-state index contributed by atoms with van der Waals surface area (Å²) in [5.41, 5.74) is 9.80. The Hall–Kier alpha value is -7.89. The first-order chi connectivity index (χ1) is 28.7. The van der Waals surface area contributed by atoms with Crippen molar-refractivity contribution in [3.8, 4) is 51.0 Å². The maximum atomic E-state index is 6.91. The molecule has 270 valence electrons. The summed E-state index contributed by atoms with van der Waals surface area (Å²) in [6, 6.07) is 68.0. The Bertz CT molecular complexity index is 3580. The Kier molecular flexibility index (Phi) is 7.16. The zero-order valence-electron chi connectivity index (χ0n) is 31.2. The van der Waals surface area contributed by atoms with Gasteiger partial charge in [0.15, 0.2) is 23.1 Å². The van der Waals surface area contributed by atoms with Crippen molar-refractivity contribution < 1.29 is 4.42 Å². The van der Waals surface area contributed by atoms with Crippen molar-refractivity contribution in [2.24, 2.45) is 0 Å². The topological polar surface area (TPSA) is 56.7 Å². The molecule has 0 fully saturated rings. The summed E-state index contributed by atoms with van der Waals surface area (Å²) in [7, 11) is 0. The number of para-hydroxylation sites is 2. The normalized spacial score (nSPS) is 11.8. The quantitative estimate of drug-likeness (QED) is 0.176. The van der Waals surface area contributed by atoms with Crippen molar-refractivity contribution in [1.29, 1.82) is 0 Å². The van der Waals surface area contributed by atoms with E-state index in [2.05, 4.69) is 193 Å². The molecule has 0 unspecified atom stereocenters. The molecule has 0 radical (unpaired) electrons. The lowest BCUT2D eigenvalue weighted by Crippen LogP contribution is -2.00. The fourth-order valence-corrected chi connectivity index (χ4v) is 8.66. The molecule has 0 N–H and O–H groups in total. The monoisotopic (exact) mass is 740 g/mol. The zero-order valence-corrected chi connectivity index (χ0v) is 31.2. The van der Waals surface area contributed by atoms with Gasteiger partial charge in [-0.25, -0.2) is 15.0 Å². The van der Waals surface area contributed by atoms with Crippen LogP contribution in [0.3, 0.4) is 0 Å². The van der Waals surface area contributed by atoms with Crippen LogP contribution in [0.2, 0.25) is 0 Å². The Morgan fingerprint density at radius 1 is 0.345 bits per heavy atom. The molecule has 5 heteroatoms. The number of hydrogen-bond acceptors (Lipinski definition) is 4. The standard InChI is InChI=1S/C53H32N4O/c1-2-12-33(13-3-1)37-17-10-18-38(30-37)51-54-52(39-25-24-34-14-4-5-16-36(34)31-39)56-53(55-51)40-26-28-42-43-21-11-23-47(50(43)58-48(42)32-40)57-45-22-9-8-20-44(45)49-41-19-7-6-15-35(41)27-29-46(49)57/h1-32H. The molecule has 0 saturated heterocycles. The third-order valence-electron chi connectivity index (χ3n) is 11.4. The van der Waals surface area contributed by atoms with E-state index in [-0.39, 0.29) is 0 Å². The first-order valence-corrected chi connectivity index (χ1v) is 19.5. The van der Waals surface area contributed by atoms with E-state index in [9.17, 15) is 0 Å². The van der Waals surface area contributed by atoms with Crippen LogP contribution in [0.25, 0.3) is 116 Å². The molecule has 0 saturated carbocycles. The number of rotatable bonds is 5. The van der Waals surface area contributed by atoms with Crippen LogP contribution < -0.4 is 0 Å². The largest absolute Gasteiger partial charge is 0.454 e. The van der Waals surface area contributed by atoms with Crippen LogP contribution in [0, 0.1) is 0 Å². The Morgan fingerprint density at radius 2 is 0.948 bits per heavy atom. The van der Waals surface area contributed by atoms with Gasteiger partial charge in [0.2, 0.25) is 0 Å². The van der Waals surface area contributed by atoms with Crippen LogP contribution in [-0.4, -0.2) is 19.5 Å². The Labute approximate surface area is 333 Å². The molecule has 5 nitrogen and oxygen atoms in total. The molecule has 0 spiro atoms. The minimum atomic E-state index is 0.579. The lowest BCUT2D eigenvalue weighted by atomic mass is 10.0. The second kappa shape index (κ2) is 12.8. The summed E-state index contributed by atoms with van der Waals surface area (Å²) in [5, 5.41) is 9.30. The predicted octanol–water partition coefficient (Wildman–Crippen LogP) is 13.8. The lowest BCUT2D eigenvalue weighted by Gasteiger charge is -2.10. The van der Waals surface area contributed by atoms with E-state index < -0.39 is 0 Å². The van der Waals surface area contributed by atoms with Crippen molar-refractivity contribution in [2.45, 2.75) is 0 Å². The molecule has 3 aromatic heterocycles. The molecule has 0 aliphatic heterocycles. The molecule has 3 heterocycles. The minimum absolute atomic E-state index is 0.579. The number of benzene rings is 9. The maximum Gasteiger partial charge on any atom is 0.164 e. The molecule has 12 rings (SSSR count). The second-order valence-electron chi connectivity index (χ2n) is 14.8. The van der Waals surface area contributed by atoms with Gasteiger partial charge in [-0.2, -0.15) is 0 Å². The summed E-state index contributed by atoms with van der Waals surface area (Å²) in [4.78, 5) is 15.4.